The first-order valence-electron chi connectivity index (χ1n) is 8.99. The molecule has 0 spiro atoms. The van der Waals surface area contributed by atoms with Crippen LogP contribution in [0.15, 0.2) is 120 Å². The Morgan fingerprint density at radius 3 is 1.22 bits per heavy atom. The Hall–Kier alpha value is -2.90. The van der Waals surface area contributed by atoms with Gasteiger partial charge in [0.05, 0.1) is 0 Å². The fourth-order valence-electron chi connectivity index (χ4n) is 3.22. The summed E-state index contributed by atoms with van der Waals surface area (Å²) in [5, 5.41) is 5.11. The van der Waals surface area contributed by atoms with E-state index >= 15 is 0 Å². The van der Waals surface area contributed by atoms with Crippen LogP contribution in [-0.2, 0) is 0 Å². The van der Waals surface area contributed by atoms with Gasteiger partial charge < -0.3 is 0 Å². The van der Waals surface area contributed by atoms with Gasteiger partial charge in [-0.05, 0) is 54.7 Å². The molecule has 0 bridgehead atoms. The molecule has 0 fully saturated rings. The average molecular weight is 411 g/mol. The van der Waals surface area contributed by atoms with E-state index in [1.165, 1.54) is 37.1 Å². The van der Waals surface area contributed by atoms with E-state index in [4.69, 9.17) is 0 Å². The lowest BCUT2D eigenvalue weighted by Gasteiger charge is -2.05. The molecule has 0 atom stereocenters. The van der Waals surface area contributed by atoms with E-state index < -0.39 is 0 Å². The molecule has 0 N–H and O–H groups in total. The monoisotopic (exact) mass is 410 g/mol. The van der Waals surface area contributed by atoms with Crippen LogP contribution in [0.5, 0.6) is 0 Å². The van der Waals surface area contributed by atoms with Crippen LogP contribution in [0.3, 0.4) is 0 Å². The van der Waals surface area contributed by atoms with Crippen molar-refractivity contribution in [3.05, 3.63) is 120 Å². The predicted octanol–water partition coefficient (Wildman–Crippen LogP) is 8.11. The molecule has 0 aliphatic carbocycles. The molecule has 0 saturated heterocycles. The van der Waals surface area contributed by atoms with Gasteiger partial charge in [-0.1, -0.05) is 109 Å². The Kier molecular flexibility index (Phi) is 5.32. The van der Waals surface area contributed by atoms with E-state index in [2.05, 4.69) is 119 Å². The van der Waals surface area contributed by atoms with Crippen molar-refractivity contribution in [3.8, 4) is 11.1 Å². The maximum Gasteiger partial charge on any atom is 0.0332 e. The van der Waals surface area contributed by atoms with Gasteiger partial charge in [0.15, 0.2) is 0 Å². The fraction of sp³-hybridized carbons (Fsp3) is 0. The lowest BCUT2D eigenvalue weighted by molar-refractivity contribution is 1.62. The zero-order chi connectivity index (χ0) is 18.5. The lowest BCUT2D eigenvalue weighted by Crippen LogP contribution is -1.78. The van der Waals surface area contributed by atoms with E-state index in [-0.39, 0.29) is 0 Å². The smallest absolute Gasteiger partial charge is 0.0332 e. The van der Waals surface area contributed by atoms with Crippen LogP contribution in [0, 0.1) is 0 Å². The Morgan fingerprint density at radius 2 is 0.778 bits per heavy atom. The van der Waals surface area contributed by atoms with Crippen molar-refractivity contribution in [2.24, 2.45) is 0 Å². The molecule has 0 nitrogen and oxygen atoms in total. The molecule has 0 radical (unpaired) electrons. The summed E-state index contributed by atoms with van der Waals surface area (Å²) < 4.78 is 1.19. The van der Waals surface area contributed by atoms with E-state index in [0.29, 0.717) is 0 Å². The molecule has 130 valence electrons. The second-order valence-corrected chi connectivity index (χ2v) is 7.16. The van der Waals surface area contributed by atoms with Crippen LogP contribution in [0.25, 0.3) is 32.7 Å². The number of halogens is 1. The molecular weight excluding hydrogens is 392 g/mol. The van der Waals surface area contributed by atoms with Crippen LogP contribution in [0.4, 0.5) is 0 Å². The molecular formula is C26H19Br. The van der Waals surface area contributed by atoms with Gasteiger partial charge in [0.2, 0.25) is 0 Å². The van der Waals surface area contributed by atoms with E-state index in [1.54, 1.807) is 0 Å². The second kappa shape index (κ2) is 8.20. The zero-order valence-corrected chi connectivity index (χ0v) is 16.4. The summed E-state index contributed by atoms with van der Waals surface area (Å²) >= 11 is 3.68. The first-order chi connectivity index (χ1) is 13.3. The minimum Gasteiger partial charge on any atom is -0.0622 e. The Balaban J connectivity index is 0.000000137. The van der Waals surface area contributed by atoms with Crippen LogP contribution in [0.2, 0.25) is 0 Å². The molecule has 0 aliphatic rings. The molecule has 0 aliphatic heterocycles. The highest BCUT2D eigenvalue weighted by Gasteiger charge is 2.03. The first-order valence-corrected chi connectivity index (χ1v) is 9.79. The van der Waals surface area contributed by atoms with Gasteiger partial charge in [-0.25, -0.2) is 0 Å². The normalized spacial score (nSPS) is 10.4. The molecule has 27 heavy (non-hydrogen) atoms. The second-order valence-electron chi connectivity index (χ2n) is 6.36. The topological polar surface area (TPSA) is 0 Å². The highest BCUT2D eigenvalue weighted by atomic mass is 79.9. The summed E-state index contributed by atoms with van der Waals surface area (Å²) in [6.07, 6.45) is 0. The maximum absolute atomic E-state index is 3.68. The molecule has 5 aromatic rings. The fourth-order valence-corrected chi connectivity index (χ4v) is 3.94. The standard InChI is InChI=1S/C14H9Br.C12H10/c15-14-12-7-3-1-5-10(12)9-11-6-2-4-8-13(11)14;1-3-7-11(8-4-1)12-9-5-2-6-10-12/h1-9H;1-10H. The number of rotatable bonds is 1. The zero-order valence-electron chi connectivity index (χ0n) is 14.8. The van der Waals surface area contributed by atoms with Crippen molar-refractivity contribution in [3.63, 3.8) is 0 Å². The summed E-state index contributed by atoms with van der Waals surface area (Å²) in [5.74, 6) is 0. The van der Waals surface area contributed by atoms with Gasteiger partial charge >= 0.3 is 0 Å². The quantitative estimate of drug-likeness (QED) is 0.244. The van der Waals surface area contributed by atoms with Crippen molar-refractivity contribution >= 4 is 37.5 Å². The lowest BCUT2D eigenvalue weighted by atomic mass is 10.0. The summed E-state index contributed by atoms with van der Waals surface area (Å²) in [6, 6.07) is 39.9. The van der Waals surface area contributed by atoms with Crippen molar-refractivity contribution in [1.29, 1.82) is 0 Å². The first kappa shape index (κ1) is 17.5. The van der Waals surface area contributed by atoms with Gasteiger partial charge in [0.25, 0.3) is 0 Å². The molecule has 1 heteroatoms. The van der Waals surface area contributed by atoms with Crippen LogP contribution in [-0.4, -0.2) is 0 Å². The SMILES string of the molecule is Brc1c2ccccc2cc2ccccc12.c1ccc(-c2ccccc2)cc1. The van der Waals surface area contributed by atoms with Crippen LogP contribution >= 0.6 is 15.9 Å². The summed E-state index contributed by atoms with van der Waals surface area (Å²) in [4.78, 5) is 0. The maximum atomic E-state index is 3.68. The minimum atomic E-state index is 1.19. The molecule has 0 heterocycles. The highest BCUT2D eigenvalue weighted by Crippen LogP contribution is 2.32. The van der Waals surface area contributed by atoms with Crippen LogP contribution in [0.1, 0.15) is 0 Å². The van der Waals surface area contributed by atoms with E-state index in [1.807, 2.05) is 12.1 Å². The molecule has 0 amide bonds. The summed E-state index contributed by atoms with van der Waals surface area (Å²) in [7, 11) is 0. The van der Waals surface area contributed by atoms with Crippen LogP contribution < -0.4 is 0 Å². The molecule has 0 saturated carbocycles. The van der Waals surface area contributed by atoms with Crippen molar-refractivity contribution in [2.75, 3.05) is 0 Å². The molecule has 5 rings (SSSR count). The molecule has 0 aromatic heterocycles. The Bertz CT molecular complexity index is 1070. The van der Waals surface area contributed by atoms with Gasteiger partial charge in [0.1, 0.15) is 0 Å². The molecule has 0 unspecified atom stereocenters. The van der Waals surface area contributed by atoms with Crippen molar-refractivity contribution < 1.29 is 0 Å². The number of fused-ring (bicyclic) bond motifs is 2. The number of hydrogen-bond donors (Lipinski definition) is 0. The van der Waals surface area contributed by atoms with Crippen molar-refractivity contribution in [2.45, 2.75) is 0 Å². The van der Waals surface area contributed by atoms with E-state index in [0.717, 1.165) is 0 Å². The predicted molar refractivity (Wildman–Crippen MR) is 121 cm³/mol. The third-order valence-corrected chi connectivity index (χ3v) is 5.44. The van der Waals surface area contributed by atoms with Gasteiger partial charge in [-0.15, -0.1) is 0 Å². The summed E-state index contributed by atoms with van der Waals surface area (Å²) in [5.41, 5.74) is 2.55. The van der Waals surface area contributed by atoms with Gasteiger partial charge in [-0.3, -0.25) is 0 Å². The number of benzene rings is 5. The average Bonchev–Trinajstić information content (AvgIpc) is 2.76. The minimum absolute atomic E-state index is 1.19. The largest absolute Gasteiger partial charge is 0.0622 e. The Morgan fingerprint density at radius 1 is 0.407 bits per heavy atom. The van der Waals surface area contributed by atoms with E-state index in [9.17, 15) is 0 Å². The highest BCUT2D eigenvalue weighted by molar-refractivity contribution is 9.10. The van der Waals surface area contributed by atoms with Gasteiger partial charge in [0, 0.05) is 4.47 Å². The third kappa shape index (κ3) is 3.94. The summed E-state index contributed by atoms with van der Waals surface area (Å²) in [6.45, 7) is 0. The van der Waals surface area contributed by atoms with Crippen molar-refractivity contribution in [1.82, 2.24) is 0 Å². The number of hydrogen-bond acceptors (Lipinski definition) is 0. The third-order valence-electron chi connectivity index (χ3n) is 4.59. The molecule has 5 aromatic carbocycles. The van der Waals surface area contributed by atoms with Gasteiger partial charge in [-0.2, -0.15) is 0 Å². The Labute approximate surface area is 168 Å².